The van der Waals surface area contributed by atoms with Gasteiger partial charge in [0.1, 0.15) is 0 Å². The van der Waals surface area contributed by atoms with Crippen molar-refractivity contribution in [3.8, 4) is 0 Å². The van der Waals surface area contributed by atoms with Gasteiger partial charge in [-0.2, -0.15) is 0 Å². The smallest absolute Gasteiger partial charge is 0.00480 e. The van der Waals surface area contributed by atoms with E-state index in [1.165, 1.54) is 38.8 Å². The highest BCUT2D eigenvalue weighted by Crippen LogP contribution is 2.37. The summed E-state index contributed by atoms with van der Waals surface area (Å²) in [4.78, 5) is 1.57. The fraction of sp³-hybridized carbons (Fsp3) is 0.692. The third-order valence-corrected chi connectivity index (χ3v) is 4.35. The Hall–Kier alpha value is -0.340. The molecule has 1 aromatic rings. The summed E-state index contributed by atoms with van der Waals surface area (Å²) in [6, 6.07) is 4.45. The van der Waals surface area contributed by atoms with E-state index in [1.54, 1.807) is 4.88 Å². The van der Waals surface area contributed by atoms with E-state index in [0.717, 1.165) is 11.8 Å². The summed E-state index contributed by atoms with van der Waals surface area (Å²) in [7, 11) is 0. The van der Waals surface area contributed by atoms with Gasteiger partial charge in [-0.1, -0.05) is 13.0 Å². The molecule has 0 amide bonds. The van der Waals surface area contributed by atoms with E-state index in [4.69, 9.17) is 0 Å². The lowest BCUT2D eigenvalue weighted by Crippen LogP contribution is -2.36. The van der Waals surface area contributed by atoms with Gasteiger partial charge >= 0.3 is 0 Å². The van der Waals surface area contributed by atoms with Crippen LogP contribution in [0.4, 0.5) is 0 Å². The second-order valence-corrected chi connectivity index (χ2v) is 5.62. The molecule has 1 nitrogen and oxygen atoms in total. The van der Waals surface area contributed by atoms with Crippen molar-refractivity contribution in [2.24, 2.45) is 11.8 Å². The van der Waals surface area contributed by atoms with Crippen LogP contribution in [0.15, 0.2) is 17.5 Å². The van der Waals surface area contributed by atoms with Crippen LogP contribution in [0.2, 0.25) is 0 Å². The van der Waals surface area contributed by atoms with E-state index in [-0.39, 0.29) is 0 Å². The number of nitrogens with one attached hydrogen (secondary N) is 1. The van der Waals surface area contributed by atoms with Gasteiger partial charge < -0.3 is 5.32 Å². The molecule has 1 aliphatic rings. The summed E-state index contributed by atoms with van der Waals surface area (Å²) in [6.45, 7) is 4.66. The second-order valence-electron chi connectivity index (χ2n) is 4.59. The first-order valence-electron chi connectivity index (χ1n) is 6.13. The van der Waals surface area contributed by atoms with Crippen LogP contribution in [0.1, 0.15) is 31.1 Å². The minimum absolute atomic E-state index is 0.943. The molecule has 2 rings (SSSR count). The van der Waals surface area contributed by atoms with Gasteiger partial charge in [-0.15, -0.1) is 11.3 Å². The largest absolute Gasteiger partial charge is 0.316 e. The molecule has 1 saturated carbocycles. The lowest BCUT2D eigenvalue weighted by Gasteiger charge is -2.36. The molecule has 0 bridgehead atoms. The SMILES string of the molecule is CCCNCC1CCC1Cc1cccs1. The van der Waals surface area contributed by atoms with Crippen LogP contribution < -0.4 is 5.32 Å². The molecular weight excluding hydrogens is 202 g/mol. The van der Waals surface area contributed by atoms with Gasteiger partial charge in [-0.3, -0.25) is 0 Å². The summed E-state index contributed by atoms with van der Waals surface area (Å²) >= 11 is 1.91. The Balaban J connectivity index is 1.70. The topological polar surface area (TPSA) is 12.0 Å². The van der Waals surface area contributed by atoms with Crippen molar-refractivity contribution in [2.75, 3.05) is 13.1 Å². The third kappa shape index (κ3) is 3.05. The molecule has 84 valence electrons. The highest BCUT2D eigenvalue weighted by Gasteiger charge is 2.30. The fourth-order valence-corrected chi connectivity index (χ4v) is 3.13. The van der Waals surface area contributed by atoms with Gasteiger partial charge in [0.15, 0.2) is 0 Å². The Morgan fingerprint density at radius 1 is 1.40 bits per heavy atom. The van der Waals surface area contributed by atoms with Gasteiger partial charge in [0, 0.05) is 4.88 Å². The first-order chi connectivity index (χ1) is 7.40. The van der Waals surface area contributed by atoms with Crippen LogP contribution >= 0.6 is 11.3 Å². The van der Waals surface area contributed by atoms with E-state index >= 15 is 0 Å². The summed E-state index contributed by atoms with van der Waals surface area (Å²) < 4.78 is 0. The van der Waals surface area contributed by atoms with Crippen LogP contribution in [0.25, 0.3) is 0 Å². The summed E-state index contributed by atoms with van der Waals surface area (Å²) in [5, 5.41) is 5.74. The minimum atomic E-state index is 0.943. The maximum absolute atomic E-state index is 3.55. The summed E-state index contributed by atoms with van der Waals surface area (Å²) in [5.41, 5.74) is 0. The standard InChI is InChI=1S/C13H21NS/c1-2-7-14-10-12-6-5-11(12)9-13-4-3-8-15-13/h3-4,8,11-12,14H,2,5-7,9-10H2,1H3. The van der Waals surface area contributed by atoms with Crippen molar-refractivity contribution < 1.29 is 0 Å². The van der Waals surface area contributed by atoms with Gasteiger partial charge in [0.05, 0.1) is 0 Å². The Morgan fingerprint density at radius 2 is 2.27 bits per heavy atom. The van der Waals surface area contributed by atoms with Crippen molar-refractivity contribution in [3.05, 3.63) is 22.4 Å². The Labute approximate surface area is 96.9 Å². The Kier molecular flexibility index (Phi) is 4.21. The lowest BCUT2D eigenvalue weighted by molar-refractivity contribution is 0.172. The van der Waals surface area contributed by atoms with E-state index in [0.29, 0.717) is 0 Å². The highest BCUT2D eigenvalue weighted by atomic mass is 32.1. The van der Waals surface area contributed by atoms with Crippen LogP contribution in [0.5, 0.6) is 0 Å². The quantitative estimate of drug-likeness (QED) is 0.730. The van der Waals surface area contributed by atoms with E-state index < -0.39 is 0 Å². The fourth-order valence-electron chi connectivity index (χ4n) is 2.33. The molecule has 0 radical (unpaired) electrons. The molecule has 2 heteroatoms. The van der Waals surface area contributed by atoms with Gasteiger partial charge in [0.25, 0.3) is 0 Å². The Bertz CT molecular complexity index is 268. The summed E-state index contributed by atoms with van der Waals surface area (Å²) in [6.07, 6.45) is 5.45. The molecular formula is C13H21NS. The molecule has 0 aromatic carbocycles. The minimum Gasteiger partial charge on any atom is -0.316 e. The maximum atomic E-state index is 3.55. The van der Waals surface area contributed by atoms with Gasteiger partial charge in [-0.25, -0.2) is 0 Å². The second kappa shape index (κ2) is 5.66. The van der Waals surface area contributed by atoms with E-state index in [1.807, 2.05) is 11.3 Å². The molecule has 1 aromatic heterocycles. The lowest BCUT2D eigenvalue weighted by atomic mass is 9.71. The summed E-state index contributed by atoms with van der Waals surface area (Å²) in [5.74, 6) is 1.90. The van der Waals surface area contributed by atoms with Crippen LogP contribution in [0.3, 0.4) is 0 Å². The molecule has 2 unspecified atom stereocenters. The van der Waals surface area contributed by atoms with Gasteiger partial charge in [-0.05, 0) is 62.1 Å². The van der Waals surface area contributed by atoms with E-state index in [2.05, 4.69) is 29.8 Å². The molecule has 1 heterocycles. The van der Waals surface area contributed by atoms with Gasteiger partial charge in [0.2, 0.25) is 0 Å². The molecule has 2 atom stereocenters. The molecule has 0 spiro atoms. The predicted octanol–water partition coefficient (Wildman–Crippen LogP) is 3.32. The van der Waals surface area contributed by atoms with E-state index in [9.17, 15) is 0 Å². The predicted molar refractivity (Wildman–Crippen MR) is 67.4 cm³/mol. The average Bonchev–Trinajstić information content (AvgIpc) is 2.72. The highest BCUT2D eigenvalue weighted by molar-refractivity contribution is 7.09. The number of thiophene rings is 1. The third-order valence-electron chi connectivity index (χ3n) is 3.45. The first-order valence-corrected chi connectivity index (χ1v) is 7.01. The molecule has 0 aliphatic heterocycles. The zero-order chi connectivity index (χ0) is 10.5. The number of hydrogen-bond acceptors (Lipinski definition) is 2. The van der Waals surface area contributed by atoms with Crippen molar-refractivity contribution >= 4 is 11.3 Å². The normalized spacial score (nSPS) is 25.1. The monoisotopic (exact) mass is 223 g/mol. The zero-order valence-corrected chi connectivity index (χ0v) is 10.4. The van der Waals surface area contributed by atoms with Crippen molar-refractivity contribution in [1.29, 1.82) is 0 Å². The molecule has 1 aliphatic carbocycles. The van der Waals surface area contributed by atoms with Crippen LogP contribution in [0, 0.1) is 11.8 Å². The van der Waals surface area contributed by atoms with Crippen molar-refractivity contribution in [3.63, 3.8) is 0 Å². The molecule has 0 saturated heterocycles. The average molecular weight is 223 g/mol. The van der Waals surface area contributed by atoms with Crippen molar-refractivity contribution in [1.82, 2.24) is 5.32 Å². The molecule has 1 N–H and O–H groups in total. The maximum Gasteiger partial charge on any atom is 0.00480 e. The van der Waals surface area contributed by atoms with Crippen molar-refractivity contribution in [2.45, 2.75) is 32.6 Å². The number of rotatable bonds is 6. The number of hydrogen-bond donors (Lipinski definition) is 1. The molecule has 15 heavy (non-hydrogen) atoms. The van der Waals surface area contributed by atoms with Crippen LogP contribution in [-0.2, 0) is 6.42 Å². The first kappa shape index (κ1) is 11.2. The zero-order valence-electron chi connectivity index (χ0n) is 9.54. The van der Waals surface area contributed by atoms with Crippen LogP contribution in [-0.4, -0.2) is 13.1 Å². The Morgan fingerprint density at radius 3 is 2.87 bits per heavy atom. The molecule has 1 fully saturated rings.